The number of hydrogen-bond acceptors (Lipinski definition) is 3. The molecule has 1 rings (SSSR count). The number of carboxylic acid groups (broad SMARTS) is 1. The Labute approximate surface area is 118 Å². The molecule has 0 radical (unpaired) electrons. The van der Waals surface area contributed by atoms with E-state index in [0.29, 0.717) is 13.1 Å². The Hall–Kier alpha value is -1.79. The molecule has 0 aromatic carbocycles. The van der Waals surface area contributed by atoms with Crippen LogP contribution in [-0.4, -0.2) is 65.0 Å². The number of rotatable bonds is 4. The lowest BCUT2D eigenvalue weighted by molar-refractivity contribution is -0.142. The molecular formula is C13H23N3O4. The highest BCUT2D eigenvalue weighted by Gasteiger charge is 2.37. The van der Waals surface area contributed by atoms with Crippen LogP contribution >= 0.6 is 0 Å². The van der Waals surface area contributed by atoms with E-state index in [1.165, 1.54) is 4.90 Å². The fourth-order valence-corrected chi connectivity index (χ4v) is 2.14. The lowest BCUT2D eigenvalue weighted by Crippen LogP contribution is -2.61. The van der Waals surface area contributed by atoms with Crippen LogP contribution in [0.3, 0.4) is 0 Å². The summed E-state index contributed by atoms with van der Waals surface area (Å²) in [4.78, 5) is 38.0. The zero-order valence-corrected chi connectivity index (χ0v) is 12.4. The number of urea groups is 1. The van der Waals surface area contributed by atoms with Crippen molar-refractivity contribution in [2.75, 3.05) is 20.1 Å². The summed E-state index contributed by atoms with van der Waals surface area (Å²) < 4.78 is 0. The minimum atomic E-state index is -1.09. The van der Waals surface area contributed by atoms with E-state index in [1.54, 1.807) is 11.9 Å². The molecule has 0 bridgehead atoms. The maximum Gasteiger partial charge on any atom is 0.320 e. The third-order valence-electron chi connectivity index (χ3n) is 3.82. The number of carbonyl (C=O) groups excluding carboxylic acids is 2. The van der Waals surface area contributed by atoms with Gasteiger partial charge in [0.1, 0.15) is 6.04 Å². The van der Waals surface area contributed by atoms with Crippen LogP contribution in [0.2, 0.25) is 0 Å². The number of nitrogens with one attached hydrogen (secondary N) is 1. The molecule has 2 atom stereocenters. The first-order valence-corrected chi connectivity index (χ1v) is 6.78. The van der Waals surface area contributed by atoms with Crippen molar-refractivity contribution < 1.29 is 19.5 Å². The van der Waals surface area contributed by atoms with Crippen molar-refractivity contribution in [2.24, 2.45) is 5.92 Å². The second-order valence-corrected chi connectivity index (χ2v) is 5.48. The number of hydrogen-bond donors (Lipinski definition) is 2. The van der Waals surface area contributed by atoms with Crippen LogP contribution in [0, 0.1) is 5.92 Å². The summed E-state index contributed by atoms with van der Waals surface area (Å²) in [6.45, 7) is 6.62. The predicted molar refractivity (Wildman–Crippen MR) is 73.2 cm³/mol. The smallest absolute Gasteiger partial charge is 0.320 e. The van der Waals surface area contributed by atoms with E-state index in [9.17, 15) is 14.4 Å². The zero-order chi connectivity index (χ0) is 15.4. The van der Waals surface area contributed by atoms with Gasteiger partial charge in [0.25, 0.3) is 0 Å². The van der Waals surface area contributed by atoms with Crippen molar-refractivity contribution in [2.45, 2.75) is 39.3 Å². The van der Waals surface area contributed by atoms with E-state index in [-0.39, 0.29) is 24.4 Å². The van der Waals surface area contributed by atoms with Gasteiger partial charge in [-0.3, -0.25) is 9.59 Å². The van der Waals surface area contributed by atoms with Gasteiger partial charge in [-0.05, 0) is 12.8 Å². The molecule has 20 heavy (non-hydrogen) atoms. The van der Waals surface area contributed by atoms with Crippen molar-refractivity contribution >= 4 is 17.9 Å². The first-order valence-electron chi connectivity index (χ1n) is 6.78. The van der Waals surface area contributed by atoms with E-state index >= 15 is 0 Å². The fourth-order valence-electron chi connectivity index (χ4n) is 2.14. The maximum absolute atomic E-state index is 12.5. The highest BCUT2D eigenvalue weighted by Crippen LogP contribution is 2.15. The van der Waals surface area contributed by atoms with Crippen LogP contribution < -0.4 is 5.32 Å². The van der Waals surface area contributed by atoms with Crippen molar-refractivity contribution in [3.05, 3.63) is 0 Å². The van der Waals surface area contributed by atoms with Gasteiger partial charge in [0, 0.05) is 26.2 Å². The molecule has 1 saturated heterocycles. The van der Waals surface area contributed by atoms with Crippen molar-refractivity contribution in [3.8, 4) is 0 Å². The van der Waals surface area contributed by atoms with Crippen LogP contribution in [0.15, 0.2) is 0 Å². The molecule has 7 nitrogen and oxygen atoms in total. The molecule has 1 fully saturated rings. The maximum atomic E-state index is 12.5. The number of nitrogens with zero attached hydrogens (tertiary/aromatic N) is 2. The molecule has 0 aromatic heterocycles. The zero-order valence-electron chi connectivity index (χ0n) is 12.4. The third-order valence-corrected chi connectivity index (χ3v) is 3.82. The average Bonchev–Trinajstić information content (AvgIpc) is 2.38. The van der Waals surface area contributed by atoms with E-state index < -0.39 is 17.9 Å². The van der Waals surface area contributed by atoms with Crippen LogP contribution in [0.5, 0.6) is 0 Å². The number of piperazine rings is 1. The molecule has 1 heterocycles. The minimum Gasteiger partial charge on any atom is -0.481 e. The summed E-state index contributed by atoms with van der Waals surface area (Å²) in [5.74, 6) is -1.22. The van der Waals surface area contributed by atoms with Gasteiger partial charge in [-0.25, -0.2) is 4.79 Å². The van der Waals surface area contributed by atoms with Gasteiger partial charge in [-0.1, -0.05) is 13.8 Å². The number of carboxylic acids is 1. The Morgan fingerprint density at radius 3 is 2.55 bits per heavy atom. The molecule has 1 aliphatic heterocycles. The highest BCUT2D eigenvalue weighted by molar-refractivity contribution is 5.91. The lowest BCUT2D eigenvalue weighted by atomic mass is 10.1. The Morgan fingerprint density at radius 2 is 2.05 bits per heavy atom. The SMILES string of the molecule is CC(C)C(C)N(C)C(=O)N1CCNC(=O)C1CC(=O)O. The van der Waals surface area contributed by atoms with Crippen LogP contribution in [-0.2, 0) is 9.59 Å². The van der Waals surface area contributed by atoms with Gasteiger partial charge in [-0.15, -0.1) is 0 Å². The summed E-state index contributed by atoms with van der Waals surface area (Å²) in [7, 11) is 1.68. The molecule has 0 spiro atoms. The monoisotopic (exact) mass is 285 g/mol. The second-order valence-electron chi connectivity index (χ2n) is 5.48. The third kappa shape index (κ3) is 3.61. The molecule has 0 saturated carbocycles. The summed E-state index contributed by atoms with van der Waals surface area (Å²) >= 11 is 0. The topological polar surface area (TPSA) is 90.0 Å². The number of amides is 3. The van der Waals surface area contributed by atoms with Gasteiger partial charge in [-0.2, -0.15) is 0 Å². The molecule has 2 N–H and O–H groups in total. The summed E-state index contributed by atoms with van der Waals surface area (Å²) in [5.41, 5.74) is 0. The summed E-state index contributed by atoms with van der Waals surface area (Å²) in [6, 6.07) is -1.22. The van der Waals surface area contributed by atoms with Gasteiger partial charge in [0.15, 0.2) is 0 Å². The first kappa shape index (κ1) is 16.3. The molecule has 3 amide bonds. The lowest BCUT2D eigenvalue weighted by Gasteiger charge is -2.39. The van der Waals surface area contributed by atoms with Gasteiger partial charge >= 0.3 is 12.0 Å². The molecule has 7 heteroatoms. The van der Waals surface area contributed by atoms with Crippen molar-refractivity contribution in [1.82, 2.24) is 15.1 Å². The van der Waals surface area contributed by atoms with E-state index in [1.807, 2.05) is 20.8 Å². The molecule has 0 aromatic rings. The van der Waals surface area contributed by atoms with Gasteiger partial charge < -0.3 is 20.2 Å². The van der Waals surface area contributed by atoms with Crippen molar-refractivity contribution in [1.29, 1.82) is 0 Å². The van der Waals surface area contributed by atoms with Crippen LogP contribution in [0.4, 0.5) is 4.79 Å². The molecular weight excluding hydrogens is 262 g/mol. The summed E-state index contributed by atoms with van der Waals surface area (Å²) in [6.07, 6.45) is -0.374. The minimum absolute atomic E-state index is 0.0120. The quantitative estimate of drug-likeness (QED) is 0.780. The van der Waals surface area contributed by atoms with E-state index in [4.69, 9.17) is 5.11 Å². The number of carbonyl (C=O) groups is 3. The van der Waals surface area contributed by atoms with Gasteiger partial charge in [0.2, 0.25) is 5.91 Å². The largest absolute Gasteiger partial charge is 0.481 e. The Balaban J connectivity index is 2.87. The molecule has 1 aliphatic rings. The van der Waals surface area contributed by atoms with Crippen LogP contribution in [0.1, 0.15) is 27.2 Å². The second kappa shape index (κ2) is 6.58. The Morgan fingerprint density at radius 1 is 1.45 bits per heavy atom. The average molecular weight is 285 g/mol. The summed E-state index contributed by atoms with van der Waals surface area (Å²) in [5, 5.41) is 11.5. The Bertz CT molecular complexity index is 397. The van der Waals surface area contributed by atoms with Gasteiger partial charge in [0.05, 0.1) is 6.42 Å². The van der Waals surface area contributed by atoms with Crippen molar-refractivity contribution in [3.63, 3.8) is 0 Å². The fraction of sp³-hybridized carbons (Fsp3) is 0.769. The number of aliphatic carboxylic acids is 1. The predicted octanol–water partition coefficient (Wildman–Crippen LogP) is 0.358. The normalized spacial score (nSPS) is 20.6. The first-order chi connectivity index (χ1) is 9.25. The van der Waals surface area contributed by atoms with E-state index in [0.717, 1.165) is 0 Å². The molecule has 114 valence electrons. The van der Waals surface area contributed by atoms with E-state index in [2.05, 4.69) is 5.32 Å². The van der Waals surface area contributed by atoms with Crippen LogP contribution in [0.25, 0.3) is 0 Å². The molecule has 0 aliphatic carbocycles. The Kier molecular flexibility index (Phi) is 5.35. The highest BCUT2D eigenvalue weighted by atomic mass is 16.4. The standard InChI is InChI=1S/C13H23N3O4/c1-8(2)9(3)15(4)13(20)16-6-5-14-12(19)10(16)7-11(17)18/h8-10H,5-7H2,1-4H3,(H,14,19)(H,17,18). The molecule has 2 unspecified atom stereocenters.